The molecule has 0 aliphatic carbocycles. The van der Waals surface area contributed by atoms with Gasteiger partial charge in [0.15, 0.2) is 0 Å². The molecule has 0 atom stereocenters. The molecule has 0 aliphatic heterocycles. The molecular formula is C2H6BNaO5. The van der Waals surface area contributed by atoms with E-state index in [0.29, 0.717) is 0 Å². The van der Waals surface area contributed by atoms with Crippen molar-refractivity contribution in [2.45, 2.75) is 6.92 Å². The summed E-state index contributed by atoms with van der Waals surface area (Å²) in [4.78, 5) is 17.0. The predicted octanol–water partition coefficient (Wildman–Crippen LogP) is -2.20. The van der Waals surface area contributed by atoms with E-state index >= 15 is 0 Å². The van der Waals surface area contributed by atoms with Crippen molar-refractivity contribution in [1.29, 1.82) is 0 Å². The second-order valence-electron chi connectivity index (χ2n) is 0.997. The van der Waals surface area contributed by atoms with Crippen LogP contribution in [0.3, 0.4) is 0 Å². The summed E-state index contributed by atoms with van der Waals surface area (Å²) in [5, 5.41) is 15.7. The zero-order valence-corrected chi connectivity index (χ0v) is 4.20. The maximum atomic E-state index is 9.78. The van der Waals surface area contributed by atoms with E-state index in [0.717, 1.165) is 6.92 Å². The molecule has 2 N–H and O–H groups in total. The summed E-state index contributed by atoms with van der Waals surface area (Å²) in [6.07, 6.45) is 0. The number of rotatable bonds is 2. The van der Waals surface area contributed by atoms with Crippen LogP contribution in [-0.2, 0) is 14.5 Å². The summed E-state index contributed by atoms with van der Waals surface area (Å²) in [6, 6.07) is 0. The Kier molecular flexibility index (Phi) is 8.80. The van der Waals surface area contributed by atoms with Crippen LogP contribution in [0.5, 0.6) is 0 Å². The Balaban J connectivity index is 0. The van der Waals surface area contributed by atoms with Gasteiger partial charge in [0.2, 0.25) is 0 Å². The van der Waals surface area contributed by atoms with Gasteiger partial charge in [0.25, 0.3) is 0 Å². The molecule has 0 saturated heterocycles. The summed E-state index contributed by atoms with van der Waals surface area (Å²) < 4.78 is 0. The molecule has 9 heavy (non-hydrogen) atoms. The first-order valence-electron chi connectivity index (χ1n) is 1.83. The van der Waals surface area contributed by atoms with Gasteiger partial charge < -0.3 is 14.9 Å². The zero-order valence-electron chi connectivity index (χ0n) is 4.20. The van der Waals surface area contributed by atoms with Gasteiger partial charge in [0.1, 0.15) is 0 Å². The normalized spacial score (nSPS) is 7.44. The molecule has 0 bridgehead atoms. The Labute approximate surface area is 74.4 Å². The van der Waals surface area contributed by atoms with Crippen molar-refractivity contribution in [2.75, 3.05) is 0 Å². The third-order valence-electron chi connectivity index (χ3n) is 0.252. The SMILES string of the molecule is CC(=O)OOB(O)O.[NaH]. The first-order chi connectivity index (χ1) is 3.63. The molecule has 0 amide bonds. The third kappa shape index (κ3) is 11.8. The van der Waals surface area contributed by atoms with Gasteiger partial charge in [-0.1, -0.05) is 0 Å². The molecule has 0 unspecified atom stereocenters. The van der Waals surface area contributed by atoms with Crippen molar-refractivity contribution in [3.8, 4) is 0 Å². The fourth-order valence-electron chi connectivity index (χ4n) is 0.111. The molecule has 0 aromatic heterocycles. The van der Waals surface area contributed by atoms with Crippen LogP contribution in [0.15, 0.2) is 0 Å². The molecule has 0 spiro atoms. The van der Waals surface area contributed by atoms with Crippen molar-refractivity contribution in [3.05, 3.63) is 0 Å². The Bertz CT molecular complexity index is 85.0. The minimum absolute atomic E-state index is 0. The summed E-state index contributed by atoms with van der Waals surface area (Å²) in [5.41, 5.74) is 0. The van der Waals surface area contributed by atoms with Crippen LogP contribution in [0.2, 0.25) is 0 Å². The van der Waals surface area contributed by atoms with Crippen LogP contribution in [0.1, 0.15) is 6.92 Å². The molecule has 0 heterocycles. The molecule has 5 nitrogen and oxygen atoms in total. The molecule has 0 saturated carbocycles. The van der Waals surface area contributed by atoms with Gasteiger partial charge in [-0.15, -0.1) is 0 Å². The second kappa shape index (κ2) is 6.53. The van der Waals surface area contributed by atoms with Gasteiger partial charge in [-0.2, -0.15) is 4.81 Å². The number of carbonyl (C=O) groups excluding carboxylic acids is 1. The van der Waals surface area contributed by atoms with Crippen molar-refractivity contribution in [2.24, 2.45) is 0 Å². The minimum atomic E-state index is -2.06. The van der Waals surface area contributed by atoms with E-state index in [-0.39, 0.29) is 29.6 Å². The van der Waals surface area contributed by atoms with Crippen LogP contribution in [-0.4, -0.2) is 52.9 Å². The van der Waals surface area contributed by atoms with E-state index in [9.17, 15) is 4.79 Å². The van der Waals surface area contributed by atoms with E-state index in [1.807, 2.05) is 0 Å². The van der Waals surface area contributed by atoms with Gasteiger partial charge in [0, 0.05) is 6.92 Å². The molecule has 0 fully saturated rings. The molecule has 0 rings (SSSR count). The molecule has 0 radical (unpaired) electrons. The second-order valence-corrected chi connectivity index (χ2v) is 0.997. The Morgan fingerprint density at radius 3 is 2.11 bits per heavy atom. The zero-order chi connectivity index (χ0) is 6.57. The van der Waals surface area contributed by atoms with Crippen molar-refractivity contribution in [3.63, 3.8) is 0 Å². The summed E-state index contributed by atoms with van der Waals surface area (Å²) >= 11 is 0. The van der Waals surface area contributed by atoms with Gasteiger partial charge in [-0.3, -0.25) is 0 Å². The van der Waals surface area contributed by atoms with E-state index in [1.54, 1.807) is 0 Å². The summed E-state index contributed by atoms with van der Waals surface area (Å²) in [5.74, 6) is -0.738. The van der Waals surface area contributed by atoms with Gasteiger partial charge in [0.05, 0.1) is 0 Å². The van der Waals surface area contributed by atoms with Crippen molar-refractivity contribution in [1.82, 2.24) is 0 Å². The van der Waals surface area contributed by atoms with Crippen molar-refractivity contribution < 1.29 is 24.5 Å². The van der Waals surface area contributed by atoms with E-state index in [1.165, 1.54) is 0 Å². The van der Waals surface area contributed by atoms with Crippen LogP contribution in [0.25, 0.3) is 0 Å². The molecule has 0 aromatic carbocycles. The van der Waals surface area contributed by atoms with Gasteiger partial charge >= 0.3 is 42.8 Å². The number of hydrogen-bond donors (Lipinski definition) is 2. The first kappa shape index (κ1) is 12.1. The van der Waals surface area contributed by atoms with Crippen LogP contribution in [0, 0.1) is 0 Å². The Morgan fingerprint density at radius 1 is 1.56 bits per heavy atom. The summed E-state index contributed by atoms with van der Waals surface area (Å²) in [6.45, 7) is 1.07. The standard InChI is InChI=1S/C2H5BO5.Na.H/c1-2(4)7-8-3(5)6;;/h5-6H,1H3;;. The molecular weight excluding hydrogens is 138 g/mol. The average Bonchev–Trinajstić information content (AvgIpc) is 1.61. The van der Waals surface area contributed by atoms with Gasteiger partial charge in [-0.25, -0.2) is 4.79 Å². The number of hydrogen-bond acceptors (Lipinski definition) is 5. The van der Waals surface area contributed by atoms with Crippen molar-refractivity contribution >= 4 is 42.8 Å². The first-order valence-corrected chi connectivity index (χ1v) is 1.83. The molecule has 0 aromatic rings. The van der Waals surface area contributed by atoms with Crippen LogP contribution < -0.4 is 0 Å². The molecule has 48 valence electrons. The fraction of sp³-hybridized carbons (Fsp3) is 0.500. The maximum absolute atomic E-state index is 9.78. The quantitative estimate of drug-likeness (QED) is 0.261. The monoisotopic (exact) mass is 144 g/mol. The average molecular weight is 144 g/mol. The van der Waals surface area contributed by atoms with E-state index < -0.39 is 13.3 Å². The van der Waals surface area contributed by atoms with E-state index in [4.69, 9.17) is 10.0 Å². The molecule has 7 heteroatoms. The number of carbonyl (C=O) groups is 1. The van der Waals surface area contributed by atoms with E-state index in [2.05, 4.69) is 9.69 Å². The summed E-state index contributed by atoms with van der Waals surface area (Å²) in [7, 11) is -2.06. The fourth-order valence-corrected chi connectivity index (χ4v) is 0.111. The Morgan fingerprint density at radius 2 is 2.00 bits per heavy atom. The topological polar surface area (TPSA) is 76.0 Å². The Hall–Kier alpha value is 0.415. The van der Waals surface area contributed by atoms with Crippen LogP contribution >= 0.6 is 0 Å². The predicted molar refractivity (Wildman–Crippen MR) is 30.2 cm³/mol. The van der Waals surface area contributed by atoms with Gasteiger partial charge in [-0.05, 0) is 0 Å². The third-order valence-corrected chi connectivity index (χ3v) is 0.252. The van der Waals surface area contributed by atoms with Crippen LogP contribution in [0.4, 0.5) is 0 Å². The molecule has 0 aliphatic rings.